The second-order valence-electron chi connectivity index (χ2n) is 7.72. The standard InChI is InChI=1S/C24H21FN6O2/c25-17-5-7-18(8-6-17)31-23-20(14-29-31)24(33)30(15-28-23)12-10-22(32)26-11-9-16-13-27-21-4-2-1-3-19(16)21/h1-8,13-15,27H,9-12H2,(H,26,32). The number of aromatic amines is 1. The molecule has 8 nitrogen and oxygen atoms in total. The Morgan fingerprint density at radius 2 is 1.91 bits per heavy atom. The van der Waals surface area contributed by atoms with Crippen LogP contribution in [0.4, 0.5) is 4.39 Å². The summed E-state index contributed by atoms with van der Waals surface area (Å²) in [6, 6.07) is 13.8. The number of aromatic nitrogens is 5. The molecule has 0 spiro atoms. The van der Waals surface area contributed by atoms with Gasteiger partial charge in [0.15, 0.2) is 5.65 Å². The van der Waals surface area contributed by atoms with Crippen LogP contribution in [-0.4, -0.2) is 36.8 Å². The van der Waals surface area contributed by atoms with Crippen molar-refractivity contribution in [3.8, 4) is 5.69 Å². The molecule has 0 atom stereocenters. The number of aryl methyl sites for hydroxylation is 1. The van der Waals surface area contributed by atoms with Crippen molar-refractivity contribution in [1.29, 1.82) is 0 Å². The van der Waals surface area contributed by atoms with Crippen LogP contribution in [0.5, 0.6) is 0 Å². The van der Waals surface area contributed by atoms with Crippen LogP contribution in [0.3, 0.4) is 0 Å². The first kappa shape index (κ1) is 20.6. The molecule has 0 aliphatic carbocycles. The highest BCUT2D eigenvalue weighted by atomic mass is 19.1. The number of nitrogens with one attached hydrogen (secondary N) is 2. The van der Waals surface area contributed by atoms with Crippen LogP contribution in [0.2, 0.25) is 0 Å². The first-order valence-corrected chi connectivity index (χ1v) is 10.6. The van der Waals surface area contributed by atoms with E-state index in [0.717, 1.165) is 16.5 Å². The highest BCUT2D eigenvalue weighted by molar-refractivity contribution is 5.83. The molecule has 0 radical (unpaired) electrons. The fraction of sp³-hybridized carbons (Fsp3) is 0.167. The molecular weight excluding hydrogens is 423 g/mol. The van der Waals surface area contributed by atoms with Crippen molar-refractivity contribution in [2.45, 2.75) is 19.4 Å². The maximum atomic E-state index is 13.2. The quantitative estimate of drug-likeness (QED) is 0.403. The van der Waals surface area contributed by atoms with Gasteiger partial charge in [-0.3, -0.25) is 14.2 Å². The Balaban J connectivity index is 1.21. The van der Waals surface area contributed by atoms with Gasteiger partial charge in [-0.05, 0) is 42.3 Å². The van der Waals surface area contributed by atoms with E-state index in [1.165, 1.54) is 33.9 Å². The van der Waals surface area contributed by atoms with E-state index < -0.39 is 0 Å². The number of para-hydroxylation sites is 1. The molecule has 3 aromatic heterocycles. The summed E-state index contributed by atoms with van der Waals surface area (Å²) in [5.41, 5.74) is 2.93. The second kappa shape index (κ2) is 8.70. The number of H-pyrrole nitrogens is 1. The van der Waals surface area contributed by atoms with E-state index >= 15 is 0 Å². The van der Waals surface area contributed by atoms with Crippen LogP contribution in [0.25, 0.3) is 27.6 Å². The zero-order chi connectivity index (χ0) is 22.8. The number of fused-ring (bicyclic) bond motifs is 2. The molecule has 5 rings (SSSR count). The van der Waals surface area contributed by atoms with Crippen molar-refractivity contribution in [2.24, 2.45) is 0 Å². The molecule has 0 aliphatic heterocycles. The molecule has 0 bridgehead atoms. The van der Waals surface area contributed by atoms with E-state index in [0.29, 0.717) is 29.7 Å². The van der Waals surface area contributed by atoms with E-state index in [4.69, 9.17) is 0 Å². The van der Waals surface area contributed by atoms with Crippen LogP contribution in [0, 0.1) is 5.82 Å². The summed E-state index contributed by atoms with van der Waals surface area (Å²) in [6.45, 7) is 0.722. The Hall–Kier alpha value is -4.27. The summed E-state index contributed by atoms with van der Waals surface area (Å²) < 4.78 is 16.1. The zero-order valence-electron chi connectivity index (χ0n) is 17.7. The maximum Gasteiger partial charge on any atom is 0.264 e. The van der Waals surface area contributed by atoms with Crippen molar-refractivity contribution in [3.05, 3.63) is 89.0 Å². The smallest absolute Gasteiger partial charge is 0.264 e. The average Bonchev–Trinajstić information content (AvgIpc) is 3.44. The van der Waals surface area contributed by atoms with Crippen LogP contribution in [-0.2, 0) is 17.8 Å². The third-order valence-corrected chi connectivity index (χ3v) is 5.60. The van der Waals surface area contributed by atoms with Crippen molar-refractivity contribution < 1.29 is 9.18 Å². The number of halogens is 1. The van der Waals surface area contributed by atoms with Crippen molar-refractivity contribution in [1.82, 2.24) is 29.6 Å². The maximum absolute atomic E-state index is 13.2. The summed E-state index contributed by atoms with van der Waals surface area (Å²) in [4.78, 5) is 32.7. The van der Waals surface area contributed by atoms with Gasteiger partial charge in [0.1, 0.15) is 11.2 Å². The fourth-order valence-corrected chi connectivity index (χ4v) is 3.86. The molecule has 5 aromatic rings. The van der Waals surface area contributed by atoms with Gasteiger partial charge in [0.05, 0.1) is 18.2 Å². The Morgan fingerprint density at radius 3 is 2.76 bits per heavy atom. The molecule has 166 valence electrons. The third kappa shape index (κ3) is 4.12. The molecule has 2 aromatic carbocycles. The van der Waals surface area contributed by atoms with E-state index in [1.54, 1.807) is 12.1 Å². The molecule has 9 heteroatoms. The number of nitrogens with zero attached hydrogens (tertiary/aromatic N) is 4. The normalized spacial score (nSPS) is 11.3. The van der Waals surface area contributed by atoms with Gasteiger partial charge in [-0.2, -0.15) is 5.10 Å². The minimum atomic E-state index is -0.356. The topological polar surface area (TPSA) is 97.6 Å². The molecule has 3 heterocycles. The Bertz CT molecular complexity index is 1500. The van der Waals surface area contributed by atoms with E-state index in [2.05, 4.69) is 26.4 Å². The van der Waals surface area contributed by atoms with Gasteiger partial charge in [-0.25, -0.2) is 14.1 Å². The van der Waals surface area contributed by atoms with E-state index in [1.807, 2.05) is 24.4 Å². The number of hydrogen-bond acceptors (Lipinski definition) is 4. The minimum Gasteiger partial charge on any atom is -0.361 e. The predicted octanol–water partition coefficient (Wildman–Crippen LogP) is 2.95. The fourth-order valence-electron chi connectivity index (χ4n) is 3.86. The number of rotatable bonds is 7. The summed E-state index contributed by atoms with van der Waals surface area (Å²) in [5.74, 6) is -0.492. The van der Waals surface area contributed by atoms with Crippen LogP contribution in [0.15, 0.2) is 72.0 Å². The van der Waals surface area contributed by atoms with Crippen molar-refractivity contribution in [2.75, 3.05) is 6.54 Å². The highest BCUT2D eigenvalue weighted by Gasteiger charge is 2.12. The lowest BCUT2D eigenvalue weighted by Crippen LogP contribution is -2.29. The first-order valence-electron chi connectivity index (χ1n) is 10.6. The van der Waals surface area contributed by atoms with Crippen LogP contribution >= 0.6 is 0 Å². The van der Waals surface area contributed by atoms with Crippen molar-refractivity contribution >= 4 is 27.8 Å². The monoisotopic (exact) mass is 444 g/mol. The summed E-state index contributed by atoms with van der Waals surface area (Å²) in [6.07, 6.45) is 5.68. The number of carbonyl (C=O) groups is 1. The number of amides is 1. The Morgan fingerprint density at radius 1 is 1.09 bits per heavy atom. The van der Waals surface area contributed by atoms with Gasteiger partial charge in [-0.15, -0.1) is 0 Å². The van der Waals surface area contributed by atoms with Gasteiger partial charge in [0.2, 0.25) is 5.91 Å². The largest absolute Gasteiger partial charge is 0.361 e. The van der Waals surface area contributed by atoms with E-state index in [9.17, 15) is 14.0 Å². The molecule has 33 heavy (non-hydrogen) atoms. The lowest BCUT2D eigenvalue weighted by molar-refractivity contribution is -0.121. The first-order chi connectivity index (χ1) is 16.1. The molecule has 2 N–H and O–H groups in total. The molecular formula is C24H21FN6O2. The number of benzene rings is 2. The van der Waals surface area contributed by atoms with Gasteiger partial charge in [0.25, 0.3) is 5.56 Å². The molecule has 1 amide bonds. The number of hydrogen-bond donors (Lipinski definition) is 2. The molecule has 0 saturated heterocycles. The van der Waals surface area contributed by atoms with Crippen LogP contribution < -0.4 is 10.9 Å². The second-order valence-corrected chi connectivity index (χ2v) is 7.72. The lowest BCUT2D eigenvalue weighted by atomic mass is 10.1. The third-order valence-electron chi connectivity index (χ3n) is 5.60. The van der Waals surface area contributed by atoms with Crippen LogP contribution in [0.1, 0.15) is 12.0 Å². The van der Waals surface area contributed by atoms with E-state index in [-0.39, 0.29) is 30.2 Å². The Kier molecular flexibility index (Phi) is 5.43. The molecule has 0 unspecified atom stereocenters. The van der Waals surface area contributed by atoms with Crippen molar-refractivity contribution in [3.63, 3.8) is 0 Å². The molecule has 0 aliphatic rings. The summed E-state index contributed by atoms with van der Waals surface area (Å²) in [7, 11) is 0. The molecule has 0 saturated carbocycles. The summed E-state index contributed by atoms with van der Waals surface area (Å²) in [5, 5.41) is 8.61. The molecule has 0 fully saturated rings. The lowest BCUT2D eigenvalue weighted by Gasteiger charge is -2.07. The van der Waals surface area contributed by atoms with Gasteiger partial charge in [0, 0.05) is 36.6 Å². The summed E-state index contributed by atoms with van der Waals surface area (Å²) >= 11 is 0. The zero-order valence-corrected chi connectivity index (χ0v) is 17.7. The van der Waals surface area contributed by atoms with Gasteiger partial charge in [-0.1, -0.05) is 18.2 Å². The SMILES string of the molecule is O=C(CCn1cnc2c(cnn2-c2ccc(F)cc2)c1=O)NCCc1c[nH]c2ccccc12. The van der Waals surface area contributed by atoms with Gasteiger partial charge < -0.3 is 10.3 Å². The van der Waals surface area contributed by atoms with Gasteiger partial charge >= 0.3 is 0 Å². The Labute approximate surface area is 187 Å². The average molecular weight is 444 g/mol. The number of carbonyl (C=O) groups excluding carboxylic acids is 1. The highest BCUT2D eigenvalue weighted by Crippen LogP contribution is 2.18. The predicted molar refractivity (Wildman–Crippen MR) is 123 cm³/mol. The minimum absolute atomic E-state index is 0.135.